The number of nitrogens with one attached hydrogen (secondary N) is 1. The molecule has 0 saturated carbocycles. The molecule has 0 spiro atoms. The van der Waals surface area contributed by atoms with Crippen molar-refractivity contribution in [1.82, 2.24) is 20.0 Å². The van der Waals surface area contributed by atoms with Crippen molar-refractivity contribution in [1.29, 1.82) is 0 Å². The summed E-state index contributed by atoms with van der Waals surface area (Å²) in [4.78, 5) is 24.1. The maximum absolute atomic E-state index is 12.5. The Labute approximate surface area is 209 Å². The summed E-state index contributed by atoms with van der Waals surface area (Å²) in [7, 11) is 0. The average Bonchev–Trinajstić information content (AvgIpc) is 3.50. The van der Waals surface area contributed by atoms with Crippen molar-refractivity contribution in [2.24, 2.45) is 10.9 Å². The van der Waals surface area contributed by atoms with Crippen LogP contribution in [0.5, 0.6) is 0 Å². The highest BCUT2D eigenvalue weighted by Gasteiger charge is 2.30. The number of nitrogens with zero attached hydrogens (tertiary/aromatic N) is 4. The standard InChI is InChI=1S/C24H37N5O2.HI/c1-2-25-24(26-18-21-10-17-31-23(21)20-8-4-3-5-9-20)29-15-13-27(14-16-29)19-22(30)28-11-6-7-12-28;/h3-5,8-9,21,23H,2,6-7,10-19H2,1H3,(H,25,26);1H. The molecule has 2 unspecified atom stereocenters. The molecule has 1 amide bonds. The number of carbonyl (C=O) groups excluding carboxylic acids is 1. The molecule has 32 heavy (non-hydrogen) atoms. The van der Waals surface area contributed by atoms with E-state index >= 15 is 0 Å². The number of benzene rings is 1. The number of carbonyl (C=O) groups is 1. The summed E-state index contributed by atoms with van der Waals surface area (Å²) in [6.45, 7) is 10.6. The molecule has 0 bridgehead atoms. The molecule has 3 aliphatic heterocycles. The molecule has 8 heteroatoms. The van der Waals surface area contributed by atoms with Gasteiger partial charge in [-0.3, -0.25) is 14.7 Å². The Balaban J connectivity index is 0.00000289. The molecule has 1 aromatic rings. The Kier molecular flexibility index (Phi) is 10.1. The fourth-order valence-electron chi connectivity index (χ4n) is 4.84. The molecule has 2 atom stereocenters. The Hall–Kier alpha value is -1.39. The Morgan fingerprint density at radius 1 is 1.06 bits per heavy atom. The third-order valence-corrected chi connectivity index (χ3v) is 6.64. The first-order chi connectivity index (χ1) is 15.2. The van der Waals surface area contributed by atoms with Crippen molar-refractivity contribution in [2.45, 2.75) is 32.3 Å². The molecule has 0 aromatic heterocycles. The van der Waals surface area contributed by atoms with E-state index in [0.717, 1.165) is 84.2 Å². The molecule has 3 saturated heterocycles. The molecule has 0 aliphatic carbocycles. The van der Waals surface area contributed by atoms with E-state index < -0.39 is 0 Å². The molecule has 4 rings (SSSR count). The van der Waals surface area contributed by atoms with E-state index in [9.17, 15) is 4.79 Å². The first-order valence-electron chi connectivity index (χ1n) is 11.9. The SMILES string of the molecule is CCNC(=NCC1CCOC1c1ccccc1)N1CCN(CC(=O)N2CCCC2)CC1.I. The maximum Gasteiger partial charge on any atom is 0.236 e. The number of piperazine rings is 1. The average molecular weight is 556 g/mol. The lowest BCUT2D eigenvalue weighted by Crippen LogP contribution is -2.54. The van der Waals surface area contributed by atoms with Crippen LogP contribution >= 0.6 is 24.0 Å². The molecule has 0 radical (unpaired) electrons. The van der Waals surface area contributed by atoms with E-state index in [1.165, 1.54) is 5.56 Å². The van der Waals surface area contributed by atoms with Crippen LogP contribution < -0.4 is 5.32 Å². The number of hydrogen-bond donors (Lipinski definition) is 1. The molecule has 178 valence electrons. The molecule has 3 heterocycles. The Morgan fingerprint density at radius 3 is 2.47 bits per heavy atom. The van der Waals surface area contributed by atoms with Crippen LogP contribution in [0.2, 0.25) is 0 Å². The van der Waals surface area contributed by atoms with Gasteiger partial charge in [-0.05, 0) is 31.7 Å². The van der Waals surface area contributed by atoms with Gasteiger partial charge in [0.15, 0.2) is 5.96 Å². The quantitative estimate of drug-likeness (QED) is 0.333. The normalized spacial score (nSPS) is 24.5. The van der Waals surface area contributed by atoms with Crippen LogP contribution in [-0.4, -0.2) is 92.1 Å². The van der Waals surface area contributed by atoms with Crippen molar-refractivity contribution < 1.29 is 9.53 Å². The van der Waals surface area contributed by atoms with Gasteiger partial charge >= 0.3 is 0 Å². The number of guanidine groups is 1. The predicted molar refractivity (Wildman–Crippen MR) is 138 cm³/mol. The number of likely N-dealkylation sites (tertiary alicyclic amines) is 1. The fraction of sp³-hybridized carbons (Fsp3) is 0.667. The van der Waals surface area contributed by atoms with E-state index in [1.54, 1.807) is 0 Å². The van der Waals surface area contributed by atoms with Crippen LogP contribution in [0.15, 0.2) is 35.3 Å². The van der Waals surface area contributed by atoms with Gasteiger partial charge in [-0.1, -0.05) is 30.3 Å². The van der Waals surface area contributed by atoms with Gasteiger partial charge in [0.2, 0.25) is 5.91 Å². The van der Waals surface area contributed by atoms with Crippen LogP contribution in [0.1, 0.15) is 37.9 Å². The lowest BCUT2D eigenvalue weighted by atomic mass is 9.95. The highest BCUT2D eigenvalue weighted by molar-refractivity contribution is 14.0. The largest absolute Gasteiger partial charge is 0.373 e. The second-order valence-electron chi connectivity index (χ2n) is 8.80. The molecule has 3 fully saturated rings. The minimum atomic E-state index is 0. The molecule has 3 aliphatic rings. The van der Waals surface area contributed by atoms with Gasteiger partial charge in [-0.2, -0.15) is 0 Å². The molecule has 7 nitrogen and oxygen atoms in total. The van der Waals surface area contributed by atoms with Gasteiger partial charge in [-0.25, -0.2) is 0 Å². The minimum absolute atomic E-state index is 0. The fourth-order valence-corrected chi connectivity index (χ4v) is 4.84. The summed E-state index contributed by atoms with van der Waals surface area (Å²) in [5.74, 6) is 1.70. The third-order valence-electron chi connectivity index (χ3n) is 6.64. The second-order valence-corrected chi connectivity index (χ2v) is 8.80. The van der Waals surface area contributed by atoms with Crippen LogP contribution in [0.3, 0.4) is 0 Å². The topological polar surface area (TPSA) is 60.4 Å². The lowest BCUT2D eigenvalue weighted by Gasteiger charge is -2.36. The van der Waals surface area contributed by atoms with E-state index in [0.29, 0.717) is 18.4 Å². The summed E-state index contributed by atoms with van der Waals surface area (Å²) in [5.41, 5.74) is 1.25. The summed E-state index contributed by atoms with van der Waals surface area (Å²) in [6, 6.07) is 10.5. The Morgan fingerprint density at radius 2 is 1.78 bits per heavy atom. The van der Waals surface area contributed by atoms with Gasteiger partial charge in [0.05, 0.1) is 12.6 Å². The second kappa shape index (κ2) is 12.7. The molecular formula is C24H38IN5O2. The van der Waals surface area contributed by atoms with Gasteiger partial charge < -0.3 is 19.9 Å². The van der Waals surface area contributed by atoms with Gasteiger partial charge in [0.25, 0.3) is 0 Å². The monoisotopic (exact) mass is 555 g/mol. The smallest absolute Gasteiger partial charge is 0.236 e. The number of rotatable bonds is 6. The number of ether oxygens (including phenoxy) is 1. The number of amides is 1. The van der Waals surface area contributed by atoms with Crippen LogP contribution in [0.25, 0.3) is 0 Å². The van der Waals surface area contributed by atoms with E-state index in [1.807, 2.05) is 11.0 Å². The third kappa shape index (κ3) is 6.57. The first-order valence-corrected chi connectivity index (χ1v) is 11.9. The number of halogens is 1. The van der Waals surface area contributed by atoms with E-state index in [4.69, 9.17) is 9.73 Å². The van der Waals surface area contributed by atoms with Crippen molar-refractivity contribution in [3.8, 4) is 0 Å². The summed E-state index contributed by atoms with van der Waals surface area (Å²) in [5, 5.41) is 3.47. The van der Waals surface area contributed by atoms with E-state index in [-0.39, 0.29) is 30.1 Å². The number of hydrogen-bond acceptors (Lipinski definition) is 4. The van der Waals surface area contributed by atoms with Crippen LogP contribution in [0, 0.1) is 5.92 Å². The van der Waals surface area contributed by atoms with Crippen LogP contribution in [-0.2, 0) is 9.53 Å². The first kappa shape index (κ1) is 25.2. The highest BCUT2D eigenvalue weighted by atomic mass is 127. The number of aliphatic imine (C=N–C) groups is 1. The maximum atomic E-state index is 12.5. The van der Waals surface area contributed by atoms with Crippen molar-refractivity contribution in [3.63, 3.8) is 0 Å². The molecular weight excluding hydrogens is 517 g/mol. The zero-order valence-corrected chi connectivity index (χ0v) is 21.6. The van der Waals surface area contributed by atoms with Gasteiger partial charge in [-0.15, -0.1) is 24.0 Å². The minimum Gasteiger partial charge on any atom is -0.373 e. The summed E-state index contributed by atoms with van der Waals surface area (Å²) >= 11 is 0. The van der Waals surface area contributed by atoms with Crippen molar-refractivity contribution in [2.75, 3.05) is 65.5 Å². The zero-order chi connectivity index (χ0) is 21.5. The van der Waals surface area contributed by atoms with Crippen molar-refractivity contribution in [3.05, 3.63) is 35.9 Å². The molecule has 1 aromatic carbocycles. The predicted octanol–water partition coefficient (Wildman–Crippen LogP) is 2.59. The van der Waals surface area contributed by atoms with Gasteiger partial charge in [0, 0.05) is 64.9 Å². The van der Waals surface area contributed by atoms with Crippen molar-refractivity contribution >= 4 is 35.8 Å². The summed E-state index contributed by atoms with van der Waals surface area (Å²) in [6.07, 6.45) is 3.49. The van der Waals surface area contributed by atoms with Crippen LogP contribution in [0.4, 0.5) is 0 Å². The van der Waals surface area contributed by atoms with E-state index in [2.05, 4.69) is 46.3 Å². The molecule has 1 N–H and O–H groups in total. The highest BCUT2D eigenvalue weighted by Crippen LogP contribution is 2.34. The lowest BCUT2D eigenvalue weighted by molar-refractivity contribution is -0.131. The van der Waals surface area contributed by atoms with Gasteiger partial charge in [0.1, 0.15) is 0 Å². The zero-order valence-electron chi connectivity index (χ0n) is 19.2. The Bertz CT molecular complexity index is 733. The summed E-state index contributed by atoms with van der Waals surface area (Å²) < 4.78 is 6.04.